The van der Waals surface area contributed by atoms with Gasteiger partial charge in [0.25, 0.3) is 0 Å². The van der Waals surface area contributed by atoms with Gasteiger partial charge in [0, 0.05) is 22.0 Å². The second kappa shape index (κ2) is 7.63. The Hall–Kier alpha value is -1.44. The molecule has 130 valence electrons. The standard InChI is InChI=1S/C15H19Cl2N5OS/c1-15(2,3)13-20-21-14(22(13)18)24-8-12(23)19-7-9-4-5-10(16)6-11(9)17/h4-6H,7-8,18H2,1-3H3,(H,19,23). The van der Waals surface area contributed by atoms with Crippen LogP contribution in [0.3, 0.4) is 0 Å². The maximum atomic E-state index is 12.0. The van der Waals surface area contributed by atoms with Crippen molar-refractivity contribution in [2.75, 3.05) is 11.6 Å². The first kappa shape index (κ1) is 18.9. The molecule has 0 saturated heterocycles. The van der Waals surface area contributed by atoms with Gasteiger partial charge in [0.2, 0.25) is 11.1 Å². The molecule has 1 aromatic carbocycles. The summed E-state index contributed by atoms with van der Waals surface area (Å²) in [6.45, 7) is 6.32. The monoisotopic (exact) mass is 387 g/mol. The minimum Gasteiger partial charge on any atom is -0.351 e. The highest BCUT2D eigenvalue weighted by Crippen LogP contribution is 2.23. The van der Waals surface area contributed by atoms with Gasteiger partial charge < -0.3 is 11.2 Å². The fourth-order valence-corrected chi connectivity index (χ4v) is 3.09. The van der Waals surface area contributed by atoms with Gasteiger partial charge in [0.15, 0.2) is 5.82 Å². The summed E-state index contributed by atoms with van der Waals surface area (Å²) in [5, 5.41) is 12.5. The lowest BCUT2D eigenvalue weighted by Crippen LogP contribution is -2.26. The highest BCUT2D eigenvalue weighted by molar-refractivity contribution is 7.99. The zero-order chi connectivity index (χ0) is 17.9. The Kier molecular flexibility index (Phi) is 6.01. The number of aromatic nitrogens is 3. The highest BCUT2D eigenvalue weighted by Gasteiger charge is 2.23. The summed E-state index contributed by atoms with van der Waals surface area (Å²) in [6.07, 6.45) is 0. The predicted molar refractivity (Wildman–Crippen MR) is 97.9 cm³/mol. The number of nitrogens with zero attached hydrogens (tertiary/aromatic N) is 3. The van der Waals surface area contributed by atoms with Crippen molar-refractivity contribution in [2.24, 2.45) is 0 Å². The number of halogens is 2. The van der Waals surface area contributed by atoms with Gasteiger partial charge in [-0.25, -0.2) is 4.68 Å². The molecule has 0 atom stereocenters. The molecule has 0 bridgehead atoms. The Labute approximate surface area is 155 Å². The van der Waals surface area contributed by atoms with Gasteiger partial charge in [-0.05, 0) is 17.7 Å². The molecule has 0 aliphatic heterocycles. The van der Waals surface area contributed by atoms with Crippen molar-refractivity contribution in [3.8, 4) is 0 Å². The molecule has 0 saturated carbocycles. The number of amides is 1. The van der Waals surface area contributed by atoms with E-state index in [0.717, 1.165) is 5.56 Å². The smallest absolute Gasteiger partial charge is 0.230 e. The van der Waals surface area contributed by atoms with Crippen molar-refractivity contribution in [1.82, 2.24) is 20.2 Å². The molecular formula is C15H19Cl2N5OS. The quantitative estimate of drug-likeness (QED) is 0.608. The molecule has 0 aliphatic rings. The lowest BCUT2D eigenvalue weighted by Gasteiger charge is -2.16. The van der Waals surface area contributed by atoms with Crippen LogP contribution in [-0.2, 0) is 16.8 Å². The van der Waals surface area contributed by atoms with Gasteiger partial charge in [-0.1, -0.05) is 61.8 Å². The van der Waals surface area contributed by atoms with Crippen molar-refractivity contribution in [3.05, 3.63) is 39.6 Å². The second-order valence-electron chi connectivity index (χ2n) is 6.23. The number of carbonyl (C=O) groups is 1. The van der Waals surface area contributed by atoms with Crippen molar-refractivity contribution >= 4 is 40.9 Å². The first-order valence-corrected chi connectivity index (χ1v) is 8.97. The van der Waals surface area contributed by atoms with Crippen LogP contribution in [0.2, 0.25) is 10.0 Å². The van der Waals surface area contributed by atoms with Crippen LogP contribution in [0, 0.1) is 0 Å². The zero-order valence-corrected chi connectivity index (χ0v) is 16.0. The van der Waals surface area contributed by atoms with Crippen molar-refractivity contribution < 1.29 is 4.79 Å². The van der Waals surface area contributed by atoms with Crippen LogP contribution in [-0.4, -0.2) is 26.5 Å². The molecule has 0 fully saturated rings. The minimum atomic E-state index is -0.214. The van der Waals surface area contributed by atoms with E-state index in [1.165, 1.54) is 16.4 Å². The Bertz CT molecular complexity index is 742. The Balaban J connectivity index is 1.89. The molecule has 9 heteroatoms. The topological polar surface area (TPSA) is 85.8 Å². The molecule has 6 nitrogen and oxygen atoms in total. The third-order valence-electron chi connectivity index (χ3n) is 3.16. The number of hydrogen-bond donors (Lipinski definition) is 2. The van der Waals surface area contributed by atoms with Crippen LogP contribution in [0.1, 0.15) is 32.2 Å². The van der Waals surface area contributed by atoms with Gasteiger partial charge in [0.05, 0.1) is 5.75 Å². The number of thioether (sulfide) groups is 1. The largest absolute Gasteiger partial charge is 0.351 e. The van der Waals surface area contributed by atoms with E-state index in [1.54, 1.807) is 18.2 Å². The number of nitrogens with two attached hydrogens (primary N) is 1. The molecule has 1 heterocycles. The summed E-state index contributed by atoms with van der Waals surface area (Å²) in [5.41, 5.74) is 0.588. The number of rotatable bonds is 5. The van der Waals surface area contributed by atoms with Gasteiger partial charge in [0.1, 0.15) is 0 Å². The van der Waals surface area contributed by atoms with Gasteiger partial charge in [-0.15, -0.1) is 10.2 Å². The molecule has 24 heavy (non-hydrogen) atoms. The number of carbonyl (C=O) groups excluding carboxylic acids is 1. The Morgan fingerprint density at radius 1 is 1.33 bits per heavy atom. The second-order valence-corrected chi connectivity index (χ2v) is 8.01. The molecule has 0 unspecified atom stereocenters. The molecule has 2 aromatic rings. The zero-order valence-electron chi connectivity index (χ0n) is 13.6. The summed E-state index contributed by atoms with van der Waals surface area (Å²) in [4.78, 5) is 12.0. The van der Waals surface area contributed by atoms with Crippen molar-refractivity contribution in [3.63, 3.8) is 0 Å². The molecule has 1 amide bonds. The molecule has 2 rings (SSSR count). The SMILES string of the molecule is CC(C)(C)c1nnc(SCC(=O)NCc2ccc(Cl)cc2Cl)n1N. The summed E-state index contributed by atoms with van der Waals surface area (Å²) >= 11 is 13.1. The van der Waals surface area contributed by atoms with Gasteiger partial charge in [-0.2, -0.15) is 0 Å². The fraction of sp³-hybridized carbons (Fsp3) is 0.400. The van der Waals surface area contributed by atoms with Crippen molar-refractivity contribution in [2.45, 2.75) is 37.9 Å². The Morgan fingerprint density at radius 3 is 2.62 bits per heavy atom. The lowest BCUT2D eigenvalue weighted by atomic mass is 9.96. The van der Waals surface area contributed by atoms with E-state index in [0.29, 0.717) is 27.6 Å². The van der Waals surface area contributed by atoms with E-state index in [2.05, 4.69) is 15.5 Å². The number of nitrogen functional groups attached to an aromatic ring is 1. The first-order chi connectivity index (χ1) is 11.2. The van der Waals surface area contributed by atoms with Crippen molar-refractivity contribution in [1.29, 1.82) is 0 Å². The molecule has 0 aliphatic carbocycles. The number of nitrogens with one attached hydrogen (secondary N) is 1. The van der Waals surface area contributed by atoms with Gasteiger partial charge in [-0.3, -0.25) is 4.79 Å². The van der Waals surface area contributed by atoms with E-state index in [1.807, 2.05) is 20.8 Å². The van der Waals surface area contributed by atoms with E-state index in [9.17, 15) is 4.79 Å². The van der Waals surface area contributed by atoms with Crippen LogP contribution >= 0.6 is 35.0 Å². The van der Waals surface area contributed by atoms with Crippen LogP contribution < -0.4 is 11.2 Å². The fourth-order valence-electron chi connectivity index (χ4n) is 1.93. The van der Waals surface area contributed by atoms with Gasteiger partial charge >= 0.3 is 0 Å². The van der Waals surface area contributed by atoms with E-state index in [4.69, 9.17) is 29.0 Å². The predicted octanol–water partition coefficient (Wildman–Crippen LogP) is 3.00. The van der Waals surface area contributed by atoms with E-state index >= 15 is 0 Å². The van der Waals surface area contributed by atoms with E-state index in [-0.39, 0.29) is 17.1 Å². The summed E-state index contributed by atoms with van der Waals surface area (Å²) in [7, 11) is 0. The molecule has 3 N–H and O–H groups in total. The van der Waals surface area contributed by atoms with Crippen LogP contribution in [0.15, 0.2) is 23.4 Å². The van der Waals surface area contributed by atoms with E-state index < -0.39 is 0 Å². The number of benzene rings is 1. The number of hydrogen-bond acceptors (Lipinski definition) is 5. The average Bonchev–Trinajstić information content (AvgIpc) is 2.85. The average molecular weight is 388 g/mol. The highest BCUT2D eigenvalue weighted by atomic mass is 35.5. The van der Waals surface area contributed by atoms with Crippen LogP contribution in [0.4, 0.5) is 0 Å². The summed E-state index contributed by atoms with van der Waals surface area (Å²) in [5.74, 6) is 6.69. The maximum Gasteiger partial charge on any atom is 0.230 e. The first-order valence-electron chi connectivity index (χ1n) is 7.23. The lowest BCUT2D eigenvalue weighted by molar-refractivity contribution is -0.118. The molecule has 1 aromatic heterocycles. The van der Waals surface area contributed by atoms with Crippen LogP contribution in [0.5, 0.6) is 0 Å². The normalized spacial score (nSPS) is 11.5. The summed E-state index contributed by atoms with van der Waals surface area (Å²) in [6, 6.07) is 5.16. The third kappa shape index (κ3) is 4.78. The Morgan fingerprint density at radius 2 is 2.04 bits per heavy atom. The maximum absolute atomic E-state index is 12.0. The molecule has 0 spiro atoms. The molecule has 0 radical (unpaired) electrons. The summed E-state index contributed by atoms with van der Waals surface area (Å²) < 4.78 is 1.42. The minimum absolute atomic E-state index is 0.147. The van der Waals surface area contributed by atoms with Crippen LogP contribution in [0.25, 0.3) is 0 Å². The molecular weight excluding hydrogens is 369 g/mol. The third-order valence-corrected chi connectivity index (χ3v) is 4.69.